The number of rotatable bonds is 7. The van der Waals surface area contributed by atoms with Gasteiger partial charge in [-0.15, -0.1) is 18.3 Å². The van der Waals surface area contributed by atoms with Crippen LogP contribution in [0.2, 0.25) is 0 Å². The number of thioether (sulfide) groups is 1. The van der Waals surface area contributed by atoms with E-state index in [1.54, 1.807) is 4.90 Å². The third-order valence-corrected chi connectivity index (χ3v) is 7.58. The van der Waals surface area contributed by atoms with Gasteiger partial charge in [-0.05, 0) is 66.5 Å². The van der Waals surface area contributed by atoms with E-state index in [4.69, 9.17) is 12.2 Å². The summed E-state index contributed by atoms with van der Waals surface area (Å²) < 4.78 is 42.6. The molecule has 0 aliphatic carbocycles. The minimum atomic E-state index is -4.76. The highest BCUT2D eigenvalue weighted by Crippen LogP contribution is 2.33. The highest BCUT2D eigenvalue weighted by Gasteiger charge is 2.32. The van der Waals surface area contributed by atoms with Crippen molar-refractivity contribution in [2.24, 2.45) is 10.1 Å². The molecule has 1 aliphatic rings. The number of benzene rings is 3. The van der Waals surface area contributed by atoms with Crippen molar-refractivity contribution in [2.45, 2.75) is 33.1 Å². The Morgan fingerprint density at radius 1 is 1.07 bits per heavy atom. The summed E-state index contributed by atoms with van der Waals surface area (Å²) in [5.74, 6) is 0.558. The Hall–Kier alpha value is -4.56. The first kappa shape index (κ1) is 30.9. The molecule has 14 heteroatoms. The molecule has 0 bridgehead atoms. The fraction of sp³-hybridized carbons (Fsp3) is 0.200. The minimum Gasteiger partial charge on any atom is -0.406 e. The van der Waals surface area contributed by atoms with E-state index >= 15 is 0 Å². The van der Waals surface area contributed by atoms with Crippen LogP contribution in [0.3, 0.4) is 0 Å². The van der Waals surface area contributed by atoms with Gasteiger partial charge in [0.1, 0.15) is 12.1 Å². The number of halogens is 3. The topological polar surface area (TPSA) is 97.0 Å². The molecule has 1 saturated heterocycles. The Labute approximate surface area is 260 Å². The summed E-state index contributed by atoms with van der Waals surface area (Å²) in [7, 11) is 0. The number of aliphatic imine (C=N–C) groups is 1. The van der Waals surface area contributed by atoms with Crippen LogP contribution in [0.25, 0.3) is 17.1 Å². The summed E-state index contributed by atoms with van der Waals surface area (Å²) in [6.07, 6.45) is -3.28. The van der Waals surface area contributed by atoms with Crippen molar-refractivity contribution in [3.8, 4) is 22.8 Å². The number of nitrogens with one attached hydrogen (secondary N) is 1. The molecule has 44 heavy (non-hydrogen) atoms. The van der Waals surface area contributed by atoms with Gasteiger partial charge in [0.2, 0.25) is 11.0 Å². The highest BCUT2D eigenvalue weighted by molar-refractivity contribution is 8.15. The lowest BCUT2D eigenvalue weighted by Crippen LogP contribution is -2.31. The van der Waals surface area contributed by atoms with E-state index in [2.05, 4.69) is 44.2 Å². The monoisotopic (exact) mass is 637 g/mol. The molecule has 1 amide bonds. The van der Waals surface area contributed by atoms with Gasteiger partial charge in [-0.25, -0.2) is 9.67 Å². The summed E-state index contributed by atoms with van der Waals surface area (Å²) in [4.78, 5) is 23.1. The number of hydrazone groups is 1. The van der Waals surface area contributed by atoms with Crippen LogP contribution in [0.15, 0.2) is 89.2 Å². The lowest BCUT2D eigenvalue weighted by Gasteiger charge is -2.21. The lowest BCUT2D eigenvalue weighted by atomic mass is 10.0. The van der Waals surface area contributed by atoms with Gasteiger partial charge in [0, 0.05) is 5.56 Å². The fourth-order valence-electron chi connectivity index (χ4n) is 4.35. The predicted octanol–water partition coefficient (Wildman–Crippen LogP) is 6.69. The molecule has 4 aromatic rings. The Bertz CT molecular complexity index is 1730. The molecule has 1 aliphatic heterocycles. The van der Waals surface area contributed by atoms with Crippen LogP contribution in [-0.4, -0.2) is 48.8 Å². The van der Waals surface area contributed by atoms with Crippen molar-refractivity contribution in [1.82, 2.24) is 20.2 Å². The number of amidine groups is 1. The molecule has 5 rings (SSSR count). The fourth-order valence-corrected chi connectivity index (χ4v) is 5.41. The van der Waals surface area contributed by atoms with Crippen LogP contribution < -0.4 is 15.1 Å². The maximum absolute atomic E-state index is 12.7. The Morgan fingerprint density at radius 2 is 1.77 bits per heavy atom. The molecule has 0 atom stereocenters. The van der Waals surface area contributed by atoms with Crippen molar-refractivity contribution in [2.75, 3.05) is 10.7 Å². The predicted molar refractivity (Wildman–Crippen MR) is 169 cm³/mol. The first-order valence-corrected chi connectivity index (χ1v) is 14.7. The molecule has 0 radical (unpaired) electrons. The average Bonchev–Trinajstić information content (AvgIpc) is 3.62. The summed E-state index contributed by atoms with van der Waals surface area (Å²) in [5, 5.41) is 9.41. The smallest absolute Gasteiger partial charge is 0.406 e. The third-order valence-electron chi connectivity index (χ3n) is 6.47. The SMILES string of the molecule is C/C(=N\NC(=S)N=C1SCC(=O)N1c1ccccc1C(C)C)c1ccc(-c2ncn(-c3ccc(OC(F)(F)F)cc3)n2)cc1. The quantitative estimate of drug-likeness (QED) is 0.137. The zero-order valence-corrected chi connectivity index (χ0v) is 25.4. The zero-order chi connectivity index (χ0) is 31.4. The normalized spacial score (nSPS) is 14.9. The van der Waals surface area contributed by atoms with Gasteiger partial charge in [-0.3, -0.25) is 15.1 Å². The number of anilines is 1. The summed E-state index contributed by atoms with van der Waals surface area (Å²) in [5.41, 5.74) is 7.36. The van der Waals surface area contributed by atoms with E-state index in [1.807, 2.05) is 55.5 Å². The van der Waals surface area contributed by atoms with Crippen molar-refractivity contribution < 1.29 is 22.7 Å². The standard InChI is InChI=1S/C30H26F3N7O2S2/c1-18(2)24-6-4-5-7-25(24)40-26(41)16-44-29(40)35-28(43)37-36-19(3)20-8-10-21(11-9-20)27-34-17-39(38-27)22-12-14-23(15-13-22)42-30(31,32)33/h4-15,17-18H,16H2,1-3H3,(H,37,43)/b35-29?,36-19+. The first-order chi connectivity index (χ1) is 21.0. The molecule has 226 valence electrons. The second-order valence-electron chi connectivity index (χ2n) is 9.87. The molecule has 0 saturated carbocycles. The molecule has 1 aromatic heterocycles. The van der Waals surface area contributed by atoms with Gasteiger partial charge in [-0.1, -0.05) is 68.1 Å². The summed E-state index contributed by atoms with van der Waals surface area (Å²) >= 11 is 6.74. The van der Waals surface area contributed by atoms with Crippen LogP contribution in [0.5, 0.6) is 5.75 Å². The van der Waals surface area contributed by atoms with Crippen molar-refractivity contribution >= 4 is 51.6 Å². The van der Waals surface area contributed by atoms with E-state index in [0.717, 1.165) is 22.4 Å². The van der Waals surface area contributed by atoms with Crippen molar-refractivity contribution in [1.29, 1.82) is 0 Å². The van der Waals surface area contributed by atoms with Gasteiger partial charge in [0.05, 0.1) is 22.8 Å². The number of hydrogen-bond acceptors (Lipinski definition) is 7. The molecule has 0 spiro atoms. The number of amides is 1. The molecule has 3 aromatic carbocycles. The van der Waals surface area contributed by atoms with E-state index in [9.17, 15) is 18.0 Å². The maximum atomic E-state index is 12.7. The lowest BCUT2D eigenvalue weighted by molar-refractivity contribution is -0.274. The van der Waals surface area contributed by atoms with Crippen molar-refractivity contribution in [3.05, 3.63) is 90.3 Å². The zero-order valence-electron chi connectivity index (χ0n) is 23.7. The van der Waals surface area contributed by atoms with Crippen LogP contribution >= 0.6 is 24.0 Å². The Morgan fingerprint density at radius 3 is 2.45 bits per heavy atom. The number of carbonyl (C=O) groups excluding carboxylic acids is 1. The average molecular weight is 638 g/mol. The van der Waals surface area contributed by atoms with Crippen LogP contribution in [0, 0.1) is 0 Å². The van der Waals surface area contributed by atoms with E-state index in [1.165, 1.54) is 47.0 Å². The van der Waals surface area contributed by atoms with Crippen LogP contribution in [0.4, 0.5) is 18.9 Å². The molecule has 2 heterocycles. The maximum Gasteiger partial charge on any atom is 0.573 e. The van der Waals surface area contributed by atoms with Crippen LogP contribution in [-0.2, 0) is 4.79 Å². The minimum absolute atomic E-state index is 0.0582. The van der Waals surface area contributed by atoms with Gasteiger partial charge in [-0.2, -0.15) is 10.1 Å². The third kappa shape index (κ3) is 7.32. The van der Waals surface area contributed by atoms with Crippen LogP contribution in [0.1, 0.15) is 37.8 Å². The molecule has 1 fully saturated rings. The van der Waals surface area contributed by atoms with Gasteiger partial charge in [0.15, 0.2) is 11.0 Å². The second-order valence-corrected chi connectivity index (χ2v) is 11.2. The van der Waals surface area contributed by atoms with E-state index in [0.29, 0.717) is 22.4 Å². The number of alkyl halides is 3. The van der Waals surface area contributed by atoms with Crippen molar-refractivity contribution in [3.63, 3.8) is 0 Å². The number of thiocarbonyl (C=S) groups is 1. The number of ether oxygens (including phenoxy) is 1. The van der Waals surface area contributed by atoms with Gasteiger partial charge in [0.25, 0.3) is 0 Å². The number of hydrogen-bond donors (Lipinski definition) is 1. The Kier molecular flexibility index (Phi) is 9.11. The summed E-state index contributed by atoms with van der Waals surface area (Å²) in [6.45, 7) is 5.97. The molecule has 1 N–H and O–H groups in total. The number of nitrogens with zero attached hydrogens (tertiary/aromatic N) is 6. The van der Waals surface area contributed by atoms with Gasteiger partial charge >= 0.3 is 6.36 Å². The first-order valence-electron chi connectivity index (χ1n) is 13.3. The molecular formula is C30H26F3N7O2S2. The number of para-hydroxylation sites is 1. The molecule has 0 unspecified atom stereocenters. The Balaban J connectivity index is 1.24. The second kappa shape index (κ2) is 13.0. The molecular weight excluding hydrogens is 612 g/mol. The number of aromatic nitrogens is 3. The molecule has 9 nitrogen and oxygen atoms in total. The number of carbonyl (C=O) groups is 1. The highest BCUT2D eigenvalue weighted by atomic mass is 32.2. The largest absolute Gasteiger partial charge is 0.573 e. The van der Waals surface area contributed by atoms with E-state index in [-0.39, 0.29) is 28.4 Å². The van der Waals surface area contributed by atoms with E-state index < -0.39 is 6.36 Å². The summed E-state index contributed by atoms with van der Waals surface area (Å²) in [6, 6.07) is 20.4. The van der Waals surface area contributed by atoms with Gasteiger partial charge < -0.3 is 4.74 Å².